The molecule has 0 saturated heterocycles. The van der Waals surface area contributed by atoms with E-state index in [0.717, 1.165) is 18.2 Å². The van der Waals surface area contributed by atoms with Crippen molar-refractivity contribution >= 4 is 138 Å². The number of fused-ring (bicyclic) bond motifs is 2. The number of ketones is 2. The first-order valence-corrected chi connectivity index (χ1v) is 20.8. The number of halogens is 7. The number of carbonyl (C=O) groups excluding carboxylic acids is 4. The molecule has 0 unspecified atom stereocenters. The van der Waals surface area contributed by atoms with Crippen molar-refractivity contribution in [3.05, 3.63) is 173 Å². The minimum absolute atomic E-state index is 0.0577. The van der Waals surface area contributed by atoms with Crippen molar-refractivity contribution < 1.29 is 19.2 Å². The fraction of sp³-hybridized carbons (Fsp3) is 0.0698. The number of carbonyl (C=O) groups is 4. The Hall–Kier alpha value is -5.57. The van der Waals surface area contributed by atoms with Crippen molar-refractivity contribution in [1.29, 1.82) is 0 Å². The molecule has 0 spiro atoms. The Morgan fingerprint density at radius 3 is 1.39 bits per heavy atom. The van der Waals surface area contributed by atoms with Gasteiger partial charge in [-0.2, -0.15) is 10.0 Å². The van der Waals surface area contributed by atoms with Gasteiger partial charge >= 0.3 is 11.8 Å². The number of nitrogens with zero attached hydrogens (tertiary/aromatic N) is 8. The average molecular weight is 966 g/mol. The standard InChI is InChI=1S/C43H25Cl7N8O4/c1-22-2-8-32-28(14-22)36(40(49)55(32)18-23-3-5-26(45)16-30(23)47)38(59)42(61)57(34-10-12-51-20-53-34)58(35-11-13-52-21-54-35)43(62)39(60)37-29-15-25(44)7-9-33(29)56(41(37)50)19-24-4-6-27(46)17-31(24)48/h2-17,20-21H,18-19H2,1H3. The van der Waals surface area contributed by atoms with Crippen LogP contribution in [0.2, 0.25) is 35.4 Å². The fourth-order valence-corrected chi connectivity index (χ4v) is 8.72. The molecule has 0 bridgehead atoms. The van der Waals surface area contributed by atoms with Gasteiger partial charge in [-0.15, -0.1) is 0 Å². The monoisotopic (exact) mass is 962 g/mol. The summed E-state index contributed by atoms with van der Waals surface area (Å²) in [6, 6.07) is 22.4. The van der Waals surface area contributed by atoms with Crippen LogP contribution in [0.1, 0.15) is 37.4 Å². The highest BCUT2D eigenvalue weighted by molar-refractivity contribution is 6.56. The molecule has 8 aromatic rings. The van der Waals surface area contributed by atoms with E-state index < -0.39 is 23.4 Å². The molecule has 0 aliphatic carbocycles. The molecule has 4 aromatic heterocycles. The molecule has 8 rings (SSSR count). The first-order chi connectivity index (χ1) is 29.7. The first-order valence-electron chi connectivity index (χ1n) is 18.2. The molecule has 4 heterocycles. The molecule has 0 saturated carbocycles. The van der Waals surface area contributed by atoms with Gasteiger partial charge in [0.1, 0.15) is 23.0 Å². The molecule has 310 valence electrons. The highest BCUT2D eigenvalue weighted by Gasteiger charge is 2.41. The lowest BCUT2D eigenvalue weighted by molar-refractivity contribution is -0.119. The molecule has 0 atom stereocenters. The largest absolute Gasteiger partial charge is 0.326 e. The highest BCUT2D eigenvalue weighted by atomic mass is 35.5. The number of rotatable bonds is 10. The van der Waals surface area contributed by atoms with E-state index in [-0.39, 0.29) is 56.6 Å². The second-order valence-corrected chi connectivity index (χ2v) is 16.5. The van der Waals surface area contributed by atoms with Crippen molar-refractivity contribution in [2.24, 2.45) is 0 Å². The lowest BCUT2D eigenvalue weighted by Gasteiger charge is -2.31. The molecule has 0 aliphatic rings. The highest BCUT2D eigenvalue weighted by Crippen LogP contribution is 2.37. The summed E-state index contributed by atoms with van der Waals surface area (Å²) in [5.41, 5.74) is 2.45. The van der Waals surface area contributed by atoms with Crippen LogP contribution in [0.4, 0.5) is 11.6 Å². The molecule has 2 amide bonds. The van der Waals surface area contributed by atoms with Crippen LogP contribution in [-0.4, -0.2) is 52.5 Å². The van der Waals surface area contributed by atoms with Crippen LogP contribution in [0.25, 0.3) is 21.8 Å². The molecular formula is C43H25Cl7N8O4. The number of aryl methyl sites for hydroxylation is 1. The maximum atomic E-state index is 15.0. The van der Waals surface area contributed by atoms with Gasteiger partial charge in [0, 0.05) is 60.4 Å². The summed E-state index contributed by atoms with van der Waals surface area (Å²) < 4.78 is 3.20. The van der Waals surface area contributed by atoms with Crippen LogP contribution in [-0.2, 0) is 22.7 Å². The van der Waals surface area contributed by atoms with Crippen LogP contribution >= 0.6 is 81.2 Å². The SMILES string of the molecule is Cc1ccc2c(c1)c(C(=O)C(=O)N(c1ccncn1)N(C(=O)C(=O)c1c(Cl)n(Cc3ccc(Cl)cc3Cl)c3ccc(Cl)cc13)c1ccncn1)c(Cl)n2Cc1ccc(Cl)cc1Cl. The number of Topliss-reactive ketones (excluding diaryl/α,β-unsaturated/α-hetero) is 2. The van der Waals surface area contributed by atoms with Crippen LogP contribution in [0.5, 0.6) is 0 Å². The molecule has 0 aliphatic heterocycles. The summed E-state index contributed by atoms with van der Waals surface area (Å²) in [5, 5.41) is 3.28. The Balaban J connectivity index is 1.27. The van der Waals surface area contributed by atoms with Gasteiger partial charge < -0.3 is 9.13 Å². The molecule has 0 fully saturated rings. The Morgan fingerprint density at radius 1 is 0.532 bits per heavy atom. The van der Waals surface area contributed by atoms with Gasteiger partial charge in [-0.05, 0) is 72.6 Å². The Bertz CT molecular complexity index is 2920. The summed E-state index contributed by atoms with van der Waals surface area (Å²) in [6.07, 6.45) is 4.75. The zero-order valence-corrected chi connectivity index (χ0v) is 37.0. The van der Waals surface area contributed by atoms with E-state index >= 15 is 9.59 Å². The molecular weight excluding hydrogens is 941 g/mol. The topological polar surface area (TPSA) is 136 Å². The number of hydrogen-bond donors (Lipinski definition) is 0. The predicted molar refractivity (Wildman–Crippen MR) is 242 cm³/mol. The normalized spacial score (nSPS) is 11.3. The lowest BCUT2D eigenvalue weighted by atomic mass is 10.1. The van der Waals surface area contributed by atoms with Crippen molar-refractivity contribution in [3.8, 4) is 0 Å². The number of aromatic nitrogens is 6. The molecule has 12 nitrogen and oxygen atoms in total. The van der Waals surface area contributed by atoms with Gasteiger partial charge in [0.15, 0.2) is 11.6 Å². The number of hydrogen-bond acceptors (Lipinski definition) is 8. The summed E-state index contributed by atoms with van der Waals surface area (Å²) in [7, 11) is 0. The van der Waals surface area contributed by atoms with Crippen molar-refractivity contribution in [2.75, 3.05) is 10.0 Å². The molecule has 0 N–H and O–H groups in total. The summed E-state index contributed by atoms with van der Waals surface area (Å²) >= 11 is 45.9. The Morgan fingerprint density at radius 2 is 0.952 bits per heavy atom. The third-order valence-corrected chi connectivity index (χ3v) is 12.0. The smallest absolute Gasteiger partial charge is 0.320 e. The molecule has 62 heavy (non-hydrogen) atoms. The zero-order valence-electron chi connectivity index (χ0n) is 31.7. The van der Waals surface area contributed by atoms with Gasteiger partial charge in [0.2, 0.25) is 0 Å². The van der Waals surface area contributed by atoms with Gasteiger partial charge in [-0.3, -0.25) is 19.2 Å². The maximum Gasteiger partial charge on any atom is 0.320 e. The van der Waals surface area contributed by atoms with Crippen LogP contribution in [0.15, 0.2) is 110 Å². The third kappa shape index (κ3) is 8.11. The van der Waals surface area contributed by atoms with Crippen LogP contribution in [0, 0.1) is 6.92 Å². The summed E-state index contributed by atoms with van der Waals surface area (Å²) in [6.45, 7) is 1.96. The average Bonchev–Trinajstić information content (AvgIpc) is 3.68. The van der Waals surface area contributed by atoms with Gasteiger partial charge in [-0.1, -0.05) is 105 Å². The predicted octanol–water partition coefficient (Wildman–Crippen LogP) is 11.2. The molecule has 0 radical (unpaired) electrons. The van der Waals surface area contributed by atoms with E-state index in [1.165, 1.54) is 30.6 Å². The summed E-state index contributed by atoms with van der Waals surface area (Å²) in [5.74, 6) is -5.64. The minimum Gasteiger partial charge on any atom is -0.326 e. The maximum absolute atomic E-state index is 15.0. The number of amides is 2. The van der Waals surface area contributed by atoms with Crippen molar-refractivity contribution in [1.82, 2.24) is 29.1 Å². The lowest BCUT2D eigenvalue weighted by Crippen LogP contribution is -2.55. The number of hydrazine groups is 1. The van der Waals surface area contributed by atoms with Crippen LogP contribution in [0.3, 0.4) is 0 Å². The van der Waals surface area contributed by atoms with E-state index in [0.29, 0.717) is 57.7 Å². The molecule has 4 aromatic carbocycles. The molecule has 19 heteroatoms. The van der Waals surface area contributed by atoms with Gasteiger partial charge in [0.25, 0.3) is 11.6 Å². The van der Waals surface area contributed by atoms with Gasteiger partial charge in [0.05, 0.1) is 35.2 Å². The van der Waals surface area contributed by atoms with E-state index in [9.17, 15) is 9.59 Å². The minimum atomic E-state index is -1.37. The van der Waals surface area contributed by atoms with Crippen molar-refractivity contribution in [3.63, 3.8) is 0 Å². The first kappa shape index (κ1) is 43.1. The second kappa shape index (κ2) is 17.7. The Labute approximate surface area is 387 Å². The van der Waals surface area contributed by atoms with E-state index in [1.54, 1.807) is 69.8 Å². The second-order valence-electron chi connectivity index (χ2n) is 13.7. The van der Waals surface area contributed by atoms with E-state index in [2.05, 4.69) is 19.9 Å². The fourth-order valence-electron chi connectivity index (χ4n) is 6.93. The van der Waals surface area contributed by atoms with E-state index in [4.69, 9.17) is 81.2 Å². The number of benzene rings is 4. The van der Waals surface area contributed by atoms with Gasteiger partial charge in [-0.25, -0.2) is 19.9 Å². The quantitative estimate of drug-likeness (QED) is 0.0751. The Kier molecular flexibility index (Phi) is 12.3. The summed E-state index contributed by atoms with van der Waals surface area (Å²) in [4.78, 5) is 76.1. The van der Waals surface area contributed by atoms with E-state index in [1.807, 2.05) is 13.0 Å². The zero-order chi connectivity index (χ0) is 44.0. The van der Waals surface area contributed by atoms with Crippen molar-refractivity contribution in [2.45, 2.75) is 20.0 Å². The number of anilines is 2. The van der Waals surface area contributed by atoms with Crippen LogP contribution < -0.4 is 10.0 Å². The third-order valence-electron chi connectivity index (χ3n) is 9.80.